The van der Waals surface area contributed by atoms with E-state index in [4.69, 9.17) is 5.73 Å². The third kappa shape index (κ3) is 3.25. The van der Waals surface area contributed by atoms with Gasteiger partial charge in [-0.2, -0.15) is 11.8 Å². The van der Waals surface area contributed by atoms with Gasteiger partial charge in [-0.05, 0) is 54.4 Å². The van der Waals surface area contributed by atoms with Gasteiger partial charge in [-0.15, -0.1) is 11.3 Å². The molecule has 1 aromatic rings. The quantitative estimate of drug-likeness (QED) is 0.804. The van der Waals surface area contributed by atoms with Crippen molar-refractivity contribution in [3.8, 4) is 0 Å². The molecular weight excluding hydrogens is 338 g/mol. The van der Waals surface area contributed by atoms with E-state index in [0.29, 0.717) is 17.0 Å². The zero-order chi connectivity index (χ0) is 17.5. The Labute approximate surface area is 153 Å². The van der Waals surface area contributed by atoms with Gasteiger partial charge in [0.1, 0.15) is 10.7 Å². The Hall–Kier alpha value is -0.590. The molecule has 5 atom stereocenters. The molecule has 3 aliphatic carbocycles. The first-order valence-electron chi connectivity index (χ1n) is 8.85. The number of thioether (sulfide) groups is 1. The molecule has 3 aliphatic rings. The van der Waals surface area contributed by atoms with Crippen molar-refractivity contribution in [2.24, 2.45) is 28.9 Å². The third-order valence-electron chi connectivity index (χ3n) is 6.38. The fourth-order valence-corrected chi connectivity index (χ4v) is 5.84. The third-order valence-corrected chi connectivity index (χ3v) is 8.00. The van der Waals surface area contributed by atoms with E-state index < -0.39 is 0 Å². The van der Waals surface area contributed by atoms with Crippen LogP contribution < -0.4 is 11.1 Å². The lowest BCUT2D eigenvalue weighted by Crippen LogP contribution is -2.60. The Kier molecular flexibility index (Phi) is 5.28. The van der Waals surface area contributed by atoms with Crippen LogP contribution in [0.1, 0.15) is 61.6 Å². The first-order valence-corrected chi connectivity index (χ1v) is 11.1. The van der Waals surface area contributed by atoms with Gasteiger partial charge in [0, 0.05) is 11.4 Å². The summed E-state index contributed by atoms with van der Waals surface area (Å²) in [6.07, 6.45) is 5.39. The Balaban J connectivity index is 1.59. The fraction of sp³-hybridized carbons (Fsp3) is 0.778. The second-order valence-electron chi connectivity index (χ2n) is 7.99. The minimum absolute atomic E-state index is 0.0366. The van der Waals surface area contributed by atoms with Gasteiger partial charge in [-0.25, -0.2) is 4.98 Å². The standard InChI is InChI=1S/C18H29N3OS2/c1-10-12-7-11(18(12,2)3)8-14(10)20-16(22)15-9-24-17(21-15)13(19)5-6-23-4/h9-14H,5-8,19H2,1-4H3,(H,20,22). The number of carbonyl (C=O) groups is 1. The van der Waals surface area contributed by atoms with Gasteiger partial charge in [0.05, 0.1) is 6.04 Å². The molecule has 0 saturated heterocycles. The van der Waals surface area contributed by atoms with Gasteiger partial charge < -0.3 is 11.1 Å². The number of thiazole rings is 1. The van der Waals surface area contributed by atoms with Gasteiger partial charge in [-0.1, -0.05) is 20.8 Å². The molecule has 3 fully saturated rings. The molecule has 0 aliphatic heterocycles. The molecule has 1 amide bonds. The highest BCUT2D eigenvalue weighted by Gasteiger charge is 2.56. The minimum atomic E-state index is -0.0638. The van der Waals surface area contributed by atoms with Crippen molar-refractivity contribution in [2.75, 3.05) is 12.0 Å². The maximum Gasteiger partial charge on any atom is 0.270 e. The Morgan fingerprint density at radius 1 is 1.54 bits per heavy atom. The zero-order valence-corrected chi connectivity index (χ0v) is 16.7. The van der Waals surface area contributed by atoms with Crippen molar-refractivity contribution in [3.63, 3.8) is 0 Å². The predicted molar refractivity (Wildman–Crippen MR) is 102 cm³/mol. The van der Waals surface area contributed by atoms with Crippen LogP contribution in [-0.2, 0) is 0 Å². The van der Waals surface area contributed by atoms with Crippen LogP contribution in [0.25, 0.3) is 0 Å². The van der Waals surface area contributed by atoms with Gasteiger partial charge >= 0.3 is 0 Å². The van der Waals surface area contributed by atoms with E-state index in [9.17, 15) is 4.79 Å². The van der Waals surface area contributed by atoms with E-state index in [1.54, 1.807) is 11.8 Å². The van der Waals surface area contributed by atoms with E-state index in [1.165, 1.54) is 17.8 Å². The van der Waals surface area contributed by atoms with Gasteiger partial charge in [-0.3, -0.25) is 4.79 Å². The molecule has 6 heteroatoms. The molecule has 3 saturated carbocycles. The summed E-state index contributed by atoms with van der Waals surface area (Å²) >= 11 is 3.28. The van der Waals surface area contributed by atoms with Crippen LogP contribution in [0.4, 0.5) is 0 Å². The van der Waals surface area contributed by atoms with Crippen LogP contribution in [0.2, 0.25) is 0 Å². The summed E-state index contributed by atoms with van der Waals surface area (Å²) < 4.78 is 0. The smallest absolute Gasteiger partial charge is 0.270 e. The molecule has 134 valence electrons. The summed E-state index contributed by atoms with van der Waals surface area (Å²) in [6.45, 7) is 7.05. The number of hydrogen-bond acceptors (Lipinski definition) is 5. The average Bonchev–Trinajstić information content (AvgIpc) is 3.04. The van der Waals surface area contributed by atoms with Crippen molar-refractivity contribution < 1.29 is 4.79 Å². The average molecular weight is 368 g/mol. The Bertz CT molecular complexity index is 601. The SMILES string of the molecule is CSCCC(N)c1nc(C(=O)NC2CC3CC(C2C)C3(C)C)cs1. The van der Waals surface area contributed by atoms with E-state index in [-0.39, 0.29) is 18.0 Å². The van der Waals surface area contributed by atoms with Crippen molar-refractivity contribution in [1.29, 1.82) is 0 Å². The molecule has 0 aromatic carbocycles. The van der Waals surface area contributed by atoms with E-state index in [0.717, 1.165) is 35.4 Å². The van der Waals surface area contributed by atoms with Crippen LogP contribution in [0.3, 0.4) is 0 Å². The monoisotopic (exact) mass is 367 g/mol. The lowest BCUT2D eigenvalue weighted by atomic mass is 9.45. The fourth-order valence-electron chi connectivity index (χ4n) is 4.51. The molecule has 4 rings (SSSR count). The number of amides is 1. The number of fused-ring (bicyclic) bond motifs is 2. The number of aromatic nitrogens is 1. The molecule has 2 bridgehead atoms. The summed E-state index contributed by atoms with van der Waals surface area (Å²) in [6, 6.07) is 0.218. The van der Waals surface area contributed by atoms with E-state index >= 15 is 0 Å². The lowest BCUT2D eigenvalue weighted by Gasteiger charge is -2.62. The number of rotatable bonds is 6. The number of hydrogen-bond donors (Lipinski definition) is 2. The summed E-state index contributed by atoms with van der Waals surface area (Å²) in [7, 11) is 0. The highest BCUT2D eigenvalue weighted by Crippen LogP contribution is 2.61. The second-order valence-corrected chi connectivity index (χ2v) is 9.87. The zero-order valence-electron chi connectivity index (χ0n) is 15.0. The Morgan fingerprint density at radius 2 is 2.29 bits per heavy atom. The molecular formula is C18H29N3OS2. The second kappa shape index (κ2) is 6.96. The first kappa shape index (κ1) is 18.2. The van der Waals surface area contributed by atoms with Gasteiger partial charge in [0.15, 0.2) is 0 Å². The normalized spacial score (nSPS) is 32.0. The first-order chi connectivity index (χ1) is 11.3. The lowest BCUT2D eigenvalue weighted by molar-refractivity contribution is -0.113. The molecule has 0 spiro atoms. The van der Waals surface area contributed by atoms with Crippen LogP contribution in [-0.4, -0.2) is 28.9 Å². The number of nitrogens with two attached hydrogens (primary N) is 1. The van der Waals surface area contributed by atoms with E-state index in [1.807, 2.05) is 5.38 Å². The van der Waals surface area contributed by atoms with Gasteiger partial charge in [0.25, 0.3) is 5.91 Å². The molecule has 0 radical (unpaired) electrons. The maximum atomic E-state index is 12.6. The molecule has 4 nitrogen and oxygen atoms in total. The molecule has 1 aromatic heterocycles. The van der Waals surface area contributed by atoms with Crippen molar-refractivity contribution in [2.45, 2.75) is 52.1 Å². The van der Waals surface area contributed by atoms with E-state index in [2.05, 4.69) is 37.3 Å². The summed E-state index contributed by atoms with van der Waals surface area (Å²) in [5.41, 5.74) is 7.13. The summed E-state index contributed by atoms with van der Waals surface area (Å²) in [5, 5.41) is 5.96. The summed E-state index contributed by atoms with van der Waals surface area (Å²) in [5.74, 6) is 2.99. The van der Waals surface area contributed by atoms with Crippen molar-refractivity contribution >= 4 is 29.0 Å². The van der Waals surface area contributed by atoms with Crippen molar-refractivity contribution in [1.82, 2.24) is 10.3 Å². The number of carbonyl (C=O) groups excluding carboxylic acids is 1. The largest absolute Gasteiger partial charge is 0.348 e. The van der Waals surface area contributed by atoms with Crippen LogP contribution in [0.15, 0.2) is 5.38 Å². The number of nitrogens with zero attached hydrogens (tertiary/aromatic N) is 1. The highest BCUT2D eigenvalue weighted by atomic mass is 32.2. The molecule has 24 heavy (non-hydrogen) atoms. The van der Waals surface area contributed by atoms with Crippen LogP contribution in [0, 0.1) is 23.2 Å². The maximum absolute atomic E-state index is 12.6. The topological polar surface area (TPSA) is 68.0 Å². The Morgan fingerprint density at radius 3 is 2.92 bits per heavy atom. The van der Waals surface area contributed by atoms with Crippen LogP contribution in [0.5, 0.6) is 0 Å². The minimum Gasteiger partial charge on any atom is -0.348 e. The van der Waals surface area contributed by atoms with Crippen LogP contribution >= 0.6 is 23.1 Å². The summed E-state index contributed by atoms with van der Waals surface area (Å²) in [4.78, 5) is 17.1. The molecule has 3 N–H and O–H groups in total. The molecule has 5 unspecified atom stereocenters. The van der Waals surface area contributed by atoms with Gasteiger partial charge in [0.2, 0.25) is 0 Å². The molecule has 1 heterocycles. The van der Waals surface area contributed by atoms with Crippen molar-refractivity contribution in [3.05, 3.63) is 16.1 Å². The predicted octanol–water partition coefficient (Wildman–Crippen LogP) is 3.70. The highest BCUT2D eigenvalue weighted by molar-refractivity contribution is 7.98. The number of nitrogens with one attached hydrogen (secondary N) is 1.